The van der Waals surface area contributed by atoms with Gasteiger partial charge in [-0.15, -0.1) is 0 Å². The molecule has 110 valence electrons. The predicted octanol–water partition coefficient (Wildman–Crippen LogP) is 2.40. The van der Waals surface area contributed by atoms with Gasteiger partial charge in [0.1, 0.15) is 11.6 Å². The SMILES string of the molecule is Cc1nc([C@@H](C)N2CCCC2=O)n(-c2ccc(F)cc2)n1. The van der Waals surface area contributed by atoms with Gasteiger partial charge in [-0.05, 0) is 44.5 Å². The molecule has 0 aliphatic carbocycles. The monoisotopic (exact) mass is 288 g/mol. The van der Waals surface area contributed by atoms with E-state index in [4.69, 9.17) is 0 Å². The lowest BCUT2D eigenvalue weighted by Crippen LogP contribution is -2.29. The molecule has 1 aliphatic heterocycles. The molecular weight excluding hydrogens is 271 g/mol. The van der Waals surface area contributed by atoms with E-state index < -0.39 is 0 Å². The van der Waals surface area contributed by atoms with Gasteiger partial charge in [0.2, 0.25) is 5.91 Å². The smallest absolute Gasteiger partial charge is 0.223 e. The fourth-order valence-corrected chi connectivity index (χ4v) is 2.69. The molecule has 5 nitrogen and oxygen atoms in total. The third-order valence-electron chi connectivity index (χ3n) is 3.76. The van der Waals surface area contributed by atoms with Crippen molar-refractivity contribution in [3.05, 3.63) is 41.7 Å². The van der Waals surface area contributed by atoms with Gasteiger partial charge < -0.3 is 4.90 Å². The molecule has 1 aliphatic rings. The minimum atomic E-state index is -0.292. The Bertz CT molecular complexity index is 665. The number of benzene rings is 1. The maximum absolute atomic E-state index is 13.1. The Morgan fingerprint density at radius 3 is 2.62 bits per heavy atom. The Kier molecular flexibility index (Phi) is 3.45. The van der Waals surface area contributed by atoms with E-state index in [1.807, 2.05) is 18.7 Å². The van der Waals surface area contributed by atoms with Crippen LogP contribution in [-0.2, 0) is 4.79 Å². The quantitative estimate of drug-likeness (QED) is 0.871. The predicted molar refractivity (Wildman–Crippen MR) is 75.4 cm³/mol. The van der Waals surface area contributed by atoms with Crippen LogP contribution < -0.4 is 0 Å². The topological polar surface area (TPSA) is 51.0 Å². The van der Waals surface area contributed by atoms with E-state index in [9.17, 15) is 9.18 Å². The lowest BCUT2D eigenvalue weighted by atomic mass is 10.2. The Morgan fingerprint density at radius 1 is 1.29 bits per heavy atom. The molecule has 1 aromatic heterocycles. The molecule has 0 bridgehead atoms. The number of hydrogen-bond donors (Lipinski definition) is 0. The number of hydrogen-bond acceptors (Lipinski definition) is 3. The van der Waals surface area contributed by atoms with Gasteiger partial charge in [-0.3, -0.25) is 4.79 Å². The lowest BCUT2D eigenvalue weighted by Gasteiger charge is -2.23. The first-order chi connectivity index (χ1) is 10.1. The first-order valence-electron chi connectivity index (χ1n) is 7.05. The second-order valence-electron chi connectivity index (χ2n) is 5.27. The van der Waals surface area contributed by atoms with Crippen LogP contribution in [0.2, 0.25) is 0 Å². The molecule has 6 heteroatoms. The molecular formula is C15H17FN4O. The number of carbonyl (C=O) groups is 1. The van der Waals surface area contributed by atoms with Crippen LogP contribution in [0.5, 0.6) is 0 Å². The molecule has 0 N–H and O–H groups in total. The molecule has 21 heavy (non-hydrogen) atoms. The van der Waals surface area contributed by atoms with Crippen molar-refractivity contribution in [3.8, 4) is 5.69 Å². The molecule has 1 amide bonds. The number of halogens is 1. The fraction of sp³-hybridized carbons (Fsp3) is 0.400. The average Bonchev–Trinajstić information content (AvgIpc) is 3.05. The van der Waals surface area contributed by atoms with Crippen LogP contribution in [-0.4, -0.2) is 32.1 Å². The van der Waals surface area contributed by atoms with Gasteiger partial charge in [-0.1, -0.05) is 0 Å². The zero-order valence-electron chi connectivity index (χ0n) is 12.1. The van der Waals surface area contributed by atoms with Gasteiger partial charge in [-0.25, -0.2) is 14.1 Å². The largest absolute Gasteiger partial charge is 0.333 e. The number of aryl methyl sites for hydroxylation is 1. The van der Waals surface area contributed by atoms with E-state index in [0.29, 0.717) is 18.1 Å². The first kappa shape index (κ1) is 13.7. The van der Waals surface area contributed by atoms with Crippen molar-refractivity contribution in [1.82, 2.24) is 19.7 Å². The molecule has 1 aromatic carbocycles. The van der Waals surface area contributed by atoms with E-state index in [1.54, 1.807) is 16.8 Å². The second-order valence-corrected chi connectivity index (χ2v) is 5.27. The molecule has 0 spiro atoms. The zero-order chi connectivity index (χ0) is 15.0. The molecule has 0 radical (unpaired) electrons. The van der Waals surface area contributed by atoms with E-state index in [1.165, 1.54) is 12.1 Å². The highest BCUT2D eigenvalue weighted by molar-refractivity contribution is 5.78. The Labute approximate surface area is 122 Å². The highest BCUT2D eigenvalue weighted by Crippen LogP contribution is 2.26. The van der Waals surface area contributed by atoms with Gasteiger partial charge in [0, 0.05) is 13.0 Å². The van der Waals surface area contributed by atoms with Crippen LogP contribution in [0, 0.1) is 12.7 Å². The number of carbonyl (C=O) groups excluding carboxylic acids is 1. The first-order valence-corrected chi connectivity index (χ1v) is 7.05. The van der Waals surface area contributed by atoms with Crippen molar-refractivity contribution in [2.75, 3.05) is 6.54 Å². The van der Waals surface area contributed by atoms with E-state index >= 15 is 0 Å². The molecule has 2 aromatic rings. The maximum Gasteiger partial charge on any atom is 0.223 e. The average molecular weight is 288 g/mol. The summed E-state index contributed by atoms with van der Waals surface area (Å²) in [6.07, 6.45) is 1.47. The summed E-state index contributed by atoms with van der Waals surface area (Å²) in [5, 5.41) is 4.37. The van der Waals surface area contributed by atoms with Crippen molar-refractivity contribution < 1.29 is 9.18 Å². The van der Waals surface area contributed by atoms with Crippen LogP contribution in [0.4, 0.5) is 4.39 Å². The number of amides is 1. The van der Waals surface area contributed by atoms with E-state index in [2.05, 4.69) is 10.1 Å². The molecule has 1 atom stereocenters. The summed E-state index contributed by atoms with van der Waals surface area (Å²) in [5.41, 5.74) is 0.741. The Morgan fingerprint density at radius 2 is 2.00 bits per heavy atom. The van der Waals surface area contributed by atoms with Crippen LogP contribution in [0.3, 0.4) is 0 Å². The highest BCUT2D eigenvalue weighted by atomic mass is 19.1. The van der Waals surface area contributed by atoms with Crippen LogP contribution in [0.15, 0.2) is 24.3 Å². The van der Waals surface area contributed by atoms with Crippen molar-refractivity contribution in [2.45, 2.75) is 32.7 Å². The van der Waals surface area contributed by atoms with Crippen molar-refractivity contribution in [1.29, 1.82) is 0 Å². The summed E-state index contributed by atoms with van der Waals surface area (Å²) in [7, 11) is 0. The summed E-state index contributed by atoms with van der Waals surface area (Å²) in [6.45, 7) is 4.50. The summed E-state index contributed by atoms with van der Waals surface area (Å²) >= 11 is 0. The third-order valence-corrected chi connectivity index (χ3v) is 3.76. The normalized spacial score (nSPS) is 16.5. The number of likely N-dealkylation sites (tertiary alicyclic amines) is 1. The minimum Gasteiger partial charge on any atom is -0.333 e. The Balaban J connectivity index is 1.99. The standard InChI is InChI=1S/C15H17FN4O/c1-10(19-9-3-4-14(19)21)15-17-11(2)18-20(15)13-7-5-12(16)6-8-13/h5-8,10H,3-4,9H2,1-2H3/t10-/m1/s1. The van der Waals surface area contributed by atoms with Gasteiger partial charge in [0.15, 0.2) is 5.82 Å². The van der Waals surface area contributed by atoms with Gasteiger partial charge >= 0.3 is 0 Å². The fourth-order valence-electron chi connectivity index (χ4n) is 2.69. The second kappa shape index (κ2) is 5.27. The summed E-state index contributed by atoms with van der Waals surface area (Å²) in [5.74, 6) is 1.19. The zero-order valence-corrected chi connectivity index (χ0v) is 12.1. The molecule has 0 saturated carbocycles. The summed E-state index contributed by atoms with van der Waals surface area (Å²) < 4.78 is 14.8. The number of aromatic nitrogens is 3. The molecule has 1 fully saturated rings. The van der Waals surface area contributed by atoms with E-state index in [0.717, 1.165) is 18.7 Å². The van der Waals surface area contributed by atoms with Crippen LogP contribution in [0.1, 0.15) is 37.5 Å². The van der Waals surface area contributed by atoms with Crippen LogP contribution >= 0.6 is 0 Å². The maximum atomic E-state index is 13.1. The molecule has 3 rings (SSSR count). The van der Waals surface area contributed by atoms with Crippen LogP contribution in [0.25, 0.3) is 5.69 Å². The third kappa shape index (κ3) is 2.53. The summed E-state index contributed by atoms with van der Waals surface area (Å²) in [4.78, 5) is 18.2. The molecule has 2 heterocycles. The van der Waals surface area contributed by atoms with Crippen molar-refractivity contribution in [2.24, 2.45) is 0 Å². The molecule has 0 unspecified atom stereocenters. The highest BCUT2D eigenvalue weighted by Gasteiger charge is 2.29. The molecule has 1 saturated heterocycles. The van der Waals surface area contributed by atoms with Gasteiger partial charge in [-0.2, -0.15) is 5.10 Å². The van der Waals surface area contributed by atoms with Crippen molar-refractivity contribution in [3.63, 3.8) is 0 Å². The number of nitrogens with zero attached hydrogens (tertiary/aromatic N) is 4. The van der Waals surface area contributed by atoms with E-state index in [-0.39, 0.29) is 17.8 Å². The summed E-state index contributed by atoms with van der Waals surface area (Å²) in [6, 6.07) is 5.95. The minimum absolute atomic E-state index is 0.147. The Hall–Kier alpha value is -2.24. The van der Waals surface area contributed by atoms with Gasteiger partial charge in [0.05, 0.1) is 11.7 Å². The van der Waals surface area contributed by atoms with Gasteiger partial charge in [0.25, 0.3) is 0 Å². The van der Waals surface area contributed by atoms with Crippen molar-refractivity contribution >= 4 is 5.91 Å². The lowest BCUT2D eigenvalue weighted by molar-refractivity contribution is -0.129. The number of rotatable bonds is 3.